The van der Waals surface area contributed by atoms with Crippen LogP contribution in [0, 0.1) is 0 Å². The number of hydrogen-bond acceptors (Lipinski definition) is 5. The fraction of sp³-hybridized carbons (Fsp3) is 0.818. The van der Waals surface area contributed by atoms with Crippen molar-refractivity contribution in [3.05, 3.63) is 48.6 Å². The van der Waals surface area contributed by atoms with Crippen molar-refractivity contribution >= 4 is 11.9 Å². The maximum absolute atomic E-state index is 13.2. The number of carbonyl (C=O) groups excluding carboxylic acids is 2. The van der Waals surface area contributed by atoms with E-state index in [4.69, 9.17) is 4.74 Å². The van der Waals surface area contributed by atoms with Gasteiger partial charge in [-0.25, -0.2) is 0 Å². The molecule has 6 heteroatoms. The summed E-state index contributed by atoms with van der Waals surface area (Å²) < 4.78 is 5.91. The zero-order chi connectivity index (χ0) is 44.5. The smallest absolute Gasteiger partial charge is 0.306 e. The van der Waals surface area contributed by atoms with E-state index in [9.17, 15) is 19.8 Å². The number of rotatable bonds is 47. The molecule has 0 bridgehead atoms. The van der Waals surface area contributed by atoms with Gasteiger partial charge in [-0.15, -0.1) is 0 Å². The van der Waals surface area contributed by atoms with Crippen molar-refractivity contribution in [3.8, 4) is 0 Å². The van der Waals surface area contributed by atoms with Gasteiger partial charge in [0.15, 0.2) is 0 Å². The lowest BCUT2D eigenvalue weighted by atomic mass is 10.0. The lowest BCUT2D eigenvalue weighted by Gasteiger charge is -2.24. The number of unbranched alkanes of at least 4 members (excludes halogenated alkanes) is 29. The highest BCUT2D eigenvalue weighted by Crippen LogP contribution is 2.17. The summed E-state index contributed by atoms with van der Waals surface area (Å²) in [6, 6.07) is -0.714. The van der Waals surface area contributed by atoms with Gasteiger partial charge in [-0.2, -0.15) is 0 Å². The summed E-state index contributed by atoms with van der Waals surface area (Å²) in [6.45, 7) is 6.43. The molecule has 0 saturated heterocycles. The fourth-order valence-corrected chi connectivity index (χ4v) is 7.88. The average Bonchev–Trinajstić information content (AvgIpc) is 3.25. The zero-order valence-corrected chi connectivity index (χ0v) is 40.5. The first-order valence-corrected chi connectivity index (χ1v) is 26.4. The predicted molar refractivity (Wildman–Crippen MR) is 264 cm³/mol. The van der Waals surface area contributed by atoms with Gasteiger partial charge in [-0.1, -0.05) is 230 Å². The molecule has 0 radical (unpaired) electrons. The van der Waals surface area contributed by atoms with Crippen LogP contribution >= 0.6 is 0 Å². The Kier molecular flexibility index (Phi) is 47.1. The SMILES string of the molecule is CCCC/C=C\CCCCCCCC(=O)OC(CCCCC/C=C/C=C/C=C/CCCCCCC)CC(=O)NC(CO)C(O)CCCCCCCCCCCCCCCCC. The van der Waals surface area contributed by atoms with Crippen LogP contribution in [0.4, 0.5) is 0 Å². The lowest BCUT2D eigenvalue weighted by molar-refractivity contribution is -0.151. The molecular weight excluding hydrogens is 755 g/mol. The summed E-state index contributed by atoms with van der Waals surface area (Å²) in [4.78, 5) is 26.1. The van der Waals surface area contributed by atoms with E-state index >= 15 is 0 Å². The fourth-order valence-electron chi connectivity index (χ4n) is 7.88. The van der Waals surface area contributed by atoms with Crippen molar-refractivity contribution in [1.29, 1.82) is 0 Å². The van der Waals surface area contributed by atoms with E-state index in [1.807, 2.05) is 0 Å². The Morgan fingerprint density at radius 2 is 0.869 bits per heavy atom. The monoisotopic (exact) mass is 856 g/mol. The highest BCUT2D eigenvalue weighted by atomic mass is 16.5. The molecule has 0 spiro atoms. The zero-order valence-electron chi connectivity index (χ0n) is 40.5. The highest BCUT2D eigenvalue weighted by Gasteiger charge is 2.24. The Bertz CT molecular complexity index is 1050. The first kappa shape index (κ1) is 58.8. The van der Waals surface area contributed by atoms with Crippen LogP contribution in [0.15, 0.2) is 48.6 Å². The van der Waals surface area contributed by atoms with Crippen molar-refractivity contribution in [2.45, 2.75) is 283 Å². The van der Waals surface area contributed by atoms with Crippen LogP contribution in [0.2, 0.25) is 0 Å². The topological polar surface area (TPSA) is 95.9 Å². The van der Waals surface area contributed by atoms with Gasteiger partial charge in [-0.05, 0) is 70.6 Å². The minimum atomic E-state index is -0.798. The van der Waals surface area contributed by atoms with Crippen molar-refractivity contribution in [2.75, 3.05) is 6.61 Å². The molecule has 3 unspecified atom stereocenters. The second kappa shape index (κ2) is 48.8. The van der Waals surface area contributed by atoms with Gasteiger partial charge in [0.25, 0.3) is 0 Å². The molecule has 356 valence electrons. The molecule has 61 heavy (non-hydrogen) atoms. The van der Waals surface area contributed by atoms with Gasteiger partial charge in [0.05, 0.1) is 25.2 Å². The summed E-state index contributed by atoms with van der Waals surface area (Å²) in [5, 5.41) is 23.8. The number of aliphatic hydroxyl groups excluding tert-OH is 2. The molecule has 0 aliphatic rings. The first-order chi connectivity index (χ1) is 30.0. The van der Waals surface area contributed by atoms with Crippen molar-refractivity contribution in [2.24, 2.45) is 0 Å². The van der Waals surface area contributed by atoms with Crippen LogP contribution in [0.1, 0.15) is 265 Å². The van der Waals surface area contributed by atoms with Crippen LogP contribution in [0.3, 0.4) is 0 Å². The molecule has 1 amide bonds. The summed E-state index contributed by atoms with van der Waals surface area (Å²) >= 11 is 0. The maximum atomic E-state index is 13.2. The molecular formula is C55H101NO5. The standard InChI is InChI=1S/C55H101NO5/c1-4-7-10-13-16-19-22-24-26-28-29-32-34-37-40-43-46-51(61-55(60)48-45-42-39-36-31-21-18-15-12-9-6-3)49-54(59)56-52(50-57)53(58)47-44-41-38-35-33-30-27-25-23-20-17-14-11-8-5-2/h15,18,22,24,26,28-29,32,51-53,57-58H,4-14,16-17,19-21,23,25,27,30-31,33-50H2,1-3H3,(H,56,59)/b18-15-,24-22+,28-26+,32-29+. The summed E-state index contributed by atoms with van der Waals surface area (Å²) in [7, 11) is 0. The molecule has 0 rings (SSSR count). The van der Waals surface area contributed by atoms with Crippen molar-refractivity contribution < 1.29 is 24.5 Å². The second-order valence-corrected chi connectivity index (χ2v) is 18.0. The Labute approximate surface area is 378 Å². The van der Waals surface area contributed by atoms with Gasteiger partial charge in [0.2, 0.25) is 5.91 Å². The molecule has 0 heterocycles. The molecule has 0 aliphatic heterocycles. The molecule has 3 N–H and O–H groups in total. The third-order valence-corrected chi connectivity index (χ3v) is 11.9. The normalized spacial score (nSPS) is 13.6. The Morgan fingerprint density at radius 1 is 0.475 bits per heavy atom. The van der Waals surface area contributed by atoms with Crippen molar-refractivity contribution in [3.63, 3.8) is 0 Å². The number of carbonyl (C=O) groups is 2. The average molecular weight is 856 g/mol. The third kappa shape index (κ3) is 44.2. The maximum Gasteiger partial charge on any atom is 0.306 e. The highest BCUT2D eigenvalue weighted by molar-refractivity contribution is 5.77. The van der Waals surface area contributed by atoms with Gasteiger partial charge >= 0.3 is 5.97 Å². The predicted octanol–water partition coefficient (Wildman–Crippen LogP) is 15.8. The minimum absolute atomic E-state index is 0.0522. The quantitative estimate of drug-likeness (QED) is 0.0245. The number of nitrogens with one attached hydrogen (secondary N) is 1. The van der Waals surface area contributed by atoms with E-state index in [0.29, 0.717) is 19.3 Å². The van der Waals surface area contributed by atoms with Crippen LogP contribution in [-0.4, -0.2) is 46.9 Å². The van der Waals surface area contributed by atoms with Crippen LogP contribution < -0.4 is 5.32 Å². The Morgan fingerprint density at radius 3 is 1.36 bits per heavy atom. The molecule has 6 nitrogen and oxygen atoms in total. The van der Waals surface area contributed by atoms with Crippen molar-refractivity contribution in [1.82, 2.24) is 5.32 Å². The van der Waals surface area contributed by atoms with Gasteiger partial charge in [0.1, 0.15) is 6.10 Å². The molecule has 0 aromatic rings. The molecule has 0 aromatic carbocycles. The first-order valence-electron chi connectivity index (χ1n) is 26.4. The molecule has 3 atom stereocenters. The number of hydrogen-bond donors (Lipinski definition) is 3. The third-order valence-electron chi connectivity index (χ3n) is 11.9. The molecule has 0 saturated carbocycles. The van der Waals surface area contributed by atoms with Gasteiger partial charge in [0, 0.05) is 6.42 Å². The molecule has 0 aromatic heterocycles. The Hall–Kier alpha value is -2.18. The van der Waals surface area contributed by atoms with Gasteiger partial charge < -0.3 is 20.3 Å². The van der Waals surface area contributed by atoms with Crippen LogP contribution in [-0.2, 0) is 14.3 Å². The number of aliphatic hydroxyl groups is 2. The minimum Gasteiger partial charge on any atom is -0.462 e. The van der Waals surface area contributed by atoms with E-state index in [1.165, 1.54) is 141 Å². The van der Waals surface area contributed by atoms with Gasteiger partial charge in [-0.3, -0.25) is 9.59 Å². The summed E-state index contributed by atoms with van der Waals surface area (Å²) in [6.07, 6.45) is 58.8. The Balaban J connectivity index is 4.62. The van der Waals surface area contributed by atoms with E-state index in [2.05, 4.69) is 74.7 Å². The largest absolute Gasteiger partial charge is 0.462 e. The summed E-state index contributed by atoms with van der Waals surface area (Å²) in [5.74, 6) is -0.514. The van der Waals surface area contributed by atoms with Crippen LogP contribution in [0.5, 0.6) is 0 Å². The van der Waals surface area contributed by atoms with Crippen LogP contribution in [0.25, 0.3) is 0 Å². The van der Waals surface area contributed by atoms with E-state index in [0.717, 1.165) is 77.0 Å². The van der Waals surface area contributed by atoms with E-state index in [1.54, 1.807) is 0 Å². The number of esters is 1. The van der Waals surface area contributed by atoms with E-state index < -0.39 is 18.2 Å². The number of ether oxygens (including phenoxy) is 1. The number of allylic oxidation sites excluding steroid dienone is 8. The number of amides is 1. The molecule has 0 aliphatic carbocycles. The lowest BCUT2D eigenvalue weighted by Crippen LogP contribution is -2.46. The second-order valence-electron chi connectivity index (χ2n) is 18.0. The van der Waals surface area contributed by atoms with E-state index in [-0.39, 0.29) is 24.9 Å². The summed E-state index contributed by atoms with van der Waals surface area (Å²) in [5.41, 5.74) is 0. The molecule has 0 fully saturated rings.